The minimum Gasteiger partial charge on any atom is -0.334 e. The molecule has 0 spiro atoms. The van der Waals surface area contributed by atoms with E-state index in [4.69, 9.17) is 0 Å². The van der Waals surface area contributed by atoms with Gasteiger partial charge in [0.1, 0.15) is 10.5 Å². The molecule has 0 fully saturated rings. The maximum absolute atomic E-state index is 12.7. The molecule has 0 aliphatic carbocycles. The number of H-pyrrole nitrogens is 1. The van der Waals surface area contributed by atoms with E-state index >= 15 is 0 Å². The van der Waals surface area contributed by atoms with Crippen LogP contribution in [0.2, 0.25) is 0 Å². The molecule has 0 radical (unpaired) electrons. The maximum atomic E-state index is 12.7. The Bertz CT molecular complexity index is 1330. The third-order valence-electron chi connectivity index (χ3n) is 4.43. The van der Waals surface area contributed by atoms with Crippen LogP contribution in [0.15, 0.2) is 45.7 Å². The molecule has 2 amide bonds. The normalized spacial score (nSPS) is 10.9. The first kappa shape index (κ1) is 21.6. The average Bonchev–Trinajstić information content (AvgIpc) is 3.41. The van der Waals surface area contributed by atoms with Crippen LogP contribution in [-0.2, 0) is 18.4 Å². The summed E-state index contributed by atoms with van der Waals surface area (Å²) >= 11 is 2.54. The number of nitrogens with zero attached hydrogens (tertiary/aromatic N) is 6. The van der Waals surface area contributed by atoms with E-state index in [1.807, 2.05) is 0 Å². The molecule has 0 unspecified atom stereocenters. The van der Waals surface area contributed by atoms with Gasteiger partial charge in [0.25, 0.3) is 11.5 Å². The van der Waals surface area contributed by atoms with Crippen LogP contribution in [-0.4, -0.2) is 59.7 Å². The highest BCUT2D eigenvalue weighted by atomic mass is 32.2. The Morgan fingerprint density at radius 1 is 1.25 bits per heavy atom. The van der Waals surface area contributed by atoms with Gasteiger partial charge in [0.2, 0.25) is 11.1 Å². The molecule has 1 aromatic carbocycles. The number of rotatable bonds is 7. The fourth-order valence-electron chi connectivity index (χ4n) is 2.88. The number of hydrogen-bond acceptors (Lipinski definition) is 9. The van der Waals surface area contributed by atoms with E-state index in [1.165, 1.54) is 32.7 Å². The summed E-state index contributed by atoms with van der Waals surface area (Å²) < 4.78 is 2.05. The van der Waals surface area contributed by atoms with Crippen molar-refractivity contribution in [1.29, 1.82) is 0 Å². The highest BCUT2D eigenvalue weighted by Gasteiger charge is 2.15. The lowest BCUT2D eigenvalue weighted by molar-refractivity contribution is -0.113. The highest BCUT2D eigenvalue weighted by Crippen LogP contribution is 2.16. The summed E-state index contributed by atoms with van der Waals surface area (Å²) in [4.78, 5) is 45.6. The summed E-state index contributed by atoms with van der Waals surface area (Å²) in [6, 6.07) is 8.35. The van der Waals surface area contributed by atoms with Crippen LogP contribution in [0.3, 0.4) is 0 Å². The molecule has 13 heteroatoms. The van der Waals surface area contributed by atoms with Gasteiger partial charge in [0.05, 0.1) is 17.8 Å². The van der Waals surface area contributed by atoms with Gasteiger partial charge < -0.3 is 15.2 Å². The van der Waals surface area contributed by atoms with Crippen molar-refractivity contribution in [1.82, 2.24) is 35.1 Å². The first-order chi connectivity index (χ1) is 15.4. The number of anilines is 1. The van der Waals surface area contributed by atoms with Crippen LogP contribution in [0.1, 0.15) is 16.2 Å². The van der Waals surface area contributed by atoms with Crippen molar-refractivity contribution in [2.24, 2.45) is 7.05 Å². The fraction of sp³-hybridized carbons (Fsp3) is 0.211. The molecular formula is C19H18N8O3S2. The third kappa shape index (κ3) is 4.84. The zero-order valence-corrected chi connectivity index (χ0v) is 18.7. The number of benzene rings is 1. The number of aryl methyl sites for hydroxylation is 1. The van der Waals surface area contributed by atoms with E-state index in [9.17, 15) is 14.4 Å². The number of amides is 2. The standard InChI is InChI=1S/C19H18N8O3S2/c1-26(9-14-21-13-7-8-31-16(13)17(29)22-14)18(30)11-3-5-12(6-4-11)20-15(28)10-32-19-23-24-25-27(19)2/h3-8H,9-10H2,1-2H3,(H,20,28)(H,21,22,29). The molecule has 164 valence electrons. The van der Waals surface area contributed by atoms with Gasteiger partial charge in [-0.2, -0.15) is 0 Å². The smallest absolute Gasteiger partial charge is 0.268 e. The van der Waals surface area contributed by atoms with Crippen LogP contribution in [0.5, 0.6) is 0 Å². The van der Waals surface area contributed by atoms with Crippen LogP contribution >= 0.6 is 23.1 Å². The number of nitrogens with one attached hydrogen (secondary N) is 2. The Balaban J connectivity index is 1.35. The van der Waals surface area contributed by atoms with Crippen molar-refractivity contribution in [2.45, 2.75) is 11.7 Å². The van der Waals surface area contributed by atoms with Gasteiger partial charge in [0.15, 0.2) is 0 Å². The molecule has 11 nitrogen and oxygen atoms in total. The van der Waals surface area contributed by atoms with Gasteiger partial charge in [-0.1, -0.05) is 11.8 Å². The van der Waals surface area contributed by atoms with Gasteiger partial charge in [-0.15, -0.1) is 16.4 Å². The number of thiophene rings is 1. The summed E-state index contributed by atoms with van der Waals surface area (Å²) in [6.45, 7) is 0.159. The number of carbonyl (C=O) groups excluding carboxylic acids is 2. The minimum absolute atomic E-state index is 0.150. The fourth-order valence-corrected chi connectivity index (χ4v) is 4.26. The third-order valence-corrected chi connectivity index (χ3v) is 6.34. The van der Waals surface area contributed by atoms with Crippen molar-refractivity contribution < 1.29 is 9.59 Å². The second-order valence-electron chi connectivity index (χ2n) is 6.81. The maximum Gasteiger partial charge on any atom is 0.268 e. The summed E-state index contributed by atoms with van der Waals surface area (Å²) in [7, 11) is 3.33. The molecule has 0 bridgehead atoms. The zero-order chi connectivity index (χ0) is 22.7. The molecule has 2 N–H and O–H groups in total. The summed E-state index contributed by atoms with van der Waals surface area (Å²) in [5.74, 6) is 0.114. The summed E-state index contributed by atoms with van der Waals surface area (Å²) in [5.41, 5.74) is 1.42. The van der Waals surface area contributed by atoms with Gasteiger partial charge in [-0.05, 0) is 46.1 Å². The Morgan fingerprint density at radius 3 is 2.75 bits per heavy atom. The summed E-state index contributed by atoms with van der Waals surface area (Å²) in [5, 5.41) is 16.1. The monoisotopic (exact) mass is 470 g/mol. The molecule has 3 heterocycles. The van der Waals surface area contributed by atoms with Crippen LogP contribution in [0.4, 0.5) is 5.69 Å². The van der Waals surface area contributed by atoms with Gasteiger partial charge in [-0.3, -0.25) is 14.4 Å². The van der Waals surface area contributed by atoms with Crippen molar-refractivity contribution >= 4 is 50.8 Å². The van der Waals surface area contributed by atoms with Gasteiger partial charge >= 0.3 is 0 Å². The number of hydrogen-bond donors (Lipinski definition) is 2. The highest BCUT2D eigenvalue weighted by molar-refractivity contribution is 7.99. The van der Waals surface area contributed by atoms with E-state index in [0.29, 0.717) is 32.4 Å². The van der Waals surface area contributed by atoms with Crippen molar-refractivity contribution in [3.63, 3.8) is 0 Å². The number of tetrazole rings is 1. The van der Waals surface area contributed by atoms with E-state index in [0.717, 1.165) is 0 Å². The number of carbonyl (C=O) groups is 2. The molecule has 4 rings (SSSR count). The quantitative estimate of drug-likeness (QED) is 0.388. The second kappa shape index (κ2) is 9.28. The molecule has 3 aromatic heterocycles. The van der Waals surface area contributed by atoms with Crippen LogP contribution in [0.25, 0.3) is 10.2 Å². The summed E-state index contributed by atoms with van der Waals surface area (Å²) in [6.07, 6.45) is 0. The minimum atomic E-state index is -0.235. The molecule has 0 aliphatic rings. The topological polar surface area (TPSA) is 139 Å². The number of thioether (sulfide) groups is 1. The van der Waals surface area contributed by atoms with Crippen molar-refractivity contribution in [3.8, 4) is 0 Å². The molecule has 0 saturated carbocycles. The molecular weight excluding hydrogens is 452 g/mol. The average molecular weight is 471 g/mol. The lowest BCUT2D eigenvalue weighted by Crippen LogP contribution is -2.28. The first-order valence-electron chi connectivity index (χ1n) is 9.37. The molecule has 4 aromatic rings. The Hall–Kier alpha value is -3.58. The molecule has 0 saturated heterocycles. The first-order valence-corrected chi connectivity index (χ1v) is 11.2. The van der Waals surface area contributed by atoms with Gasteiger partial charge in [-0.25, -0.2) is 9.67 Å². The lowest BCUT2D eigenvalue weighted by atomic mass is 10.2. The van der Waals surface area contributed by atoms with Crippen molar-refractivity contribution in [3.05, 3.63) is 57.5 Å². The largest absolute Gasteiger partial charge is 0.334 e. The van der Waals surface area contributed by atoms with Gasteiger partial charge in [0, 0.05) is 25.3 Å². The number of fused-ring (bicyclic) bond motifs is 1. The Labute approximate surface area is 189 Å². The zero-order valence-electron chi connectivity index (χ0n) is 17.1. The lowest BCUT2D eigenvalue weighted by Gasteiger charge is -2.17. The van der Waals surface area contributed by atoms with E-state index in [1.54, 1.807) is 49.8 Å². The van der Waals surface area contributed by atoms with Crippen LogP contribution in [0, 0.1) is 0 Å². The van der Waals surface area contributed by atoms with Crippen molar-refractivity contribution in [2.75, 3.05) is 18.1 Å². The number of aromatic nitrogens is 6. The molecule has 0 atom stereocenters. The van der Waals surface area contributed by atoms with Crippen LogP contribution < -0.4 is 10.9 Å². The number of aromatic amines is 1. The van der Waals surface area contributed by atoms with E-state index in [-0.39, 0.29) is 29.7 Å². The molecule has 0 aliphatic heterocycles. The predicted molar refractivity (Wildman–Crippen MR) is 121 cm³/mol. The second-order valence-corrected chi connectivity index (χ2v) is 8.67. The predicted octanol–water partition coefficient (Wildman–Crippen LogP) is 1.51. The molecule has 32 heavy (non-hydrogen) atoms. The van der Waals surface area contributed by atoms with E-state index in [2.05, 4.69) is 30.8 Å². The van der Waals surface area contributed by atoms with E-state index < -0.39 is 0 Å². The SMILES string of the molecule is CN(Cc1nc2ccsc2c(=O)[nH]1)C(=O)c1ccc(NC(=O)CSc2nnnn2C)cc1. The Kier molecular flexibility index (Phi) is 6.28. The Morgan fingerprint density at radius 2 is 2.03 bits per heavy atom.